The molecule has 56 valence electrons. The Balaban J connectivity index is 4.31. The molecule has 0 aliphatic rings. The molecule has 0 saturated heterocycles. The Morgan fingerprint density at radius 1 is 1.60 bits per heavy atom. The van der Waals surface area contributed by atoms with Gasteiger partial charge in [-0.3, -0.25) is 0 Å². The fraction of sp³-hybridized carbons (Fsp3) is 0.250. The number of hydrogen-bond donors (Lipinski definition) is 3. The summed E-state index contributed by atoms with van der Waals surface area (Å²) < 4.78 is 0. The SMILES string of the molecule is CC(=NC(N)=NN)C(=O)O. The lowest BCUT2D eigenvalue weighted by Gasteiger charge is -1.90. The number of aliphatic imine (C=N–C) groups is 1. The van der Waals surface area contributed by atoms with Crippen LogP contribution in [-0.4, -0.2) is 22.7 Å². The van der Waals surface area contributed by atoms with E-state index in [0.29, 0.717) is 0 Å². The largest absolute Gasteiger partial charge is 0.477 e. The number of nitrogens with zero attached hydrogens (tertiary/aromatic N) is 2. The molecule has 10 heavy (non-hydrogen) atoms. The van der Waals surface area contributed by atoms with Crippen LogP contribution in [0.15, 0.2) is 10.1 Å². The number of hydrazone groups is 1. The number of rotatable bonds is 1. The molecule has 0 aromatic heterocycles. The van der Waals surface area contributed by atoms with Gasteiger partial charge < -0.3 is 16.7 Å². The third-order valence-electron chi connectivity index (χ3n) is 0.724. The van der Waals surface area contributed by atoms with E-state index >= 15 is 0 Å². The second-order valence-electron chi connectivity index (χ2n) is 1.49. The summed E-state index contributed by atoms with van der Waals surface area (Å²) in [6.45, 7) is 1.29. The van der Waals surface area contributed by atoms with Gasteiger partial charge in [-0.1, -0.05) is 0 Å². The van der Waals surface area contributed by atoms with Crippen LogP contribution in [0.4, 0.5) is 0 Å². The van der Waals surface area contributed by atoms with Crippen LogP contribution < -0.4 is 11.6 Å². The van der Waals surface area contributed by atoms with Gasteiger partial charge in [0.2, 0.25) is 5.96 Å². The van der Waals surface area contributed by atoms with E-state index in [1.165, 1.54) is 6.92 Å². The molecule has 5 N–H and O–H groups in total. The van der Waals surface area contributed by atoms with Crippen molar-refractivity contribution in [1.29, 1.82) is 0 Å². The van der Waals surface area contributed by atoms with E-state index in [4.69, 9.17) is 10.8 Å². The molecule has 0 atom stereocenters. The Kier molecular flexibility index (Phi) is 2.89. The molecule has 0 aromatic carbocycles. The zero-order valence-corrected chi connectivity index (χ0v) is 5.40. The lowest BCUT2D eigenvalue weighted by molar-refractivity contribution is -0.129. The van der Waals surface area contributed by atoms with Crippen molar-refractivity contribution in [2.75, 3.05) is 0 Å². The van der Waals surface area contributed by atoms with Gasteiger partial charge in [-0.05, 0) is 6.92 Å². The van der Waals surface area contributed by atoms with Crippen molar-refractivity contribution >= 4 is 17.6 Å². The number of guanidine groups is 1. The average molecular weight is 144 g/mol. The van der Waals surface area contributed by atoms with Gasteiger partial charge in [0.15, 0.2) is 0 Å². The fourth-order valence-electron chi connectivity index (χ4n) is 0.249. The van der Waals surface area contributed by atoms with Crippen molar-refractivity contribution in [3.63, 3.8) is 0 Å². The van der Waals surface area contributed by atoms with Gasteiger partial charge in [0.05, 0.1) is 0 Å². The first-order chi connectivity index (χ1) is 4.57. The van der Waals surface area contributed by atoms with Gasteiger partial charge in [-0.25, -0.2) is 9.79 Å². The summed E-state index contributed by atoms with van der Waals surface area (Å²) >= 11 is 0. The number of carboxylic acid groups (broad SMARTS) is 1. The van der Waals surface area contributed by atoms with E-state index in [-0.39, 0.29) is 11.7 Å². The molecule has 0 radical (unpaired) electrons. The molecule has 6 heteroatoms. The second kappa shape index (κ2) is 3.44. The maximum Gasteiger partial charge on any atom is 0.350 e. The molecular weight excluding hydrogens is 136 g/mol. The summed E-state index contributed by atoms with van der Waals surface area (Å²) in [4.78, 5) is 13.4. The molecule has 0 saturated carbocycles. The lowest BCUT2D eigenvalue weighted by atomic mass is 10.4. The predicted octanol–water partition coefficient (Wildman–Crippen LogP) is -1.28. The molecule has 0 aliphatic carbocycles. The lowest BCUT2D eigenvalue weighted by Crippen LogP contribution is -2.17. The van der Waals surface area contributed by atoms with E-state index in [1.807, 2.05) is 0 Å². The van der Waals surface area contributed by atoms with Crippen molar-refractivity contribution in [2.24, 2.45) is 21.7 Å². The van der Waals surface area contributed by atoms with Gasteiger partial charge in [-0.2, -0.15) is 0 Å². The van der Waals surface area contributed by atoms with Crippen molar-refractivity contribution in [3.05, 3.63) is 0 Å². The first kappa shape index (κ1) is 8.41. The normalized spacial score (nSPS) is 13.3. The minimum Gasteiger partial charge on any atom is -0.477 e. The first-order valence-corrected chi connectivity index (χ1v) is 2.40. The average Bonchev–Trinajstić information content (AvgIpc) is 1.87. The molecule has 0 aromatic rings. The van der Waals surface area contributed by atoms with E-state index in [0.717, 1.165) is 0 Å². The van der Waals surface area contributed by atoms with Gasteiger partial charge in [0.25, 0.3) is 0 Å². The Morgan fingerprint density at radius 2 is 2.10 bits per heavy atom. The highest BCUT2D eigenvalue weighted by atomic mass is 16.4. The number of nitrogens with two attached hydrogens (primary N) is 2. The van der Waals surface area contributed by atoms with Crippen molar-refractivity contribution in [2.45, 2.75) is 6.92 Å². The van der Waals surface area contributed by atoms with Crippen molar-refractivity contribution < 1.29 is 9.90 Å². The fourth-order valence-corrected chi connectivity index (χ4v) is 0.249. The zero-order chi connectivity index (χ0) is 8.15. The van der Waals surface area contributed by atoms with Crippen LogP contribution in [0.5, 0.6) is 0 Å². The minimum atomic E-state index is -1.15. The number of hydrogen-bond acceptors (Lipinski definition) is 3. The summed E-state index contributed by atoms with van der Waals surface area (Å²) in [5.74, 6) is 3.29. The smallest absolute Gasteiger partial charge is 0.350 e. The highest BCUT2D eigenvalue weighted by molar-refractivity contribution is 6.36. The molecule has 0 fully saturated rings. The maximum atomic E-state index is 10.1. The Morgan fingerprint density at radius 3 is 2.40 bits per heavy atom. The van der Waals surface area contributed by atoms with Crippen molar-refractivity contribution in [3.8, 4) is 0 Å². The van der Waals surface area contributed by atoms with Crippen molar-refractivity contribution in [1.82, 2.24) is 0 Å². The number of carboxylic acids is 1. The molecule has 0 bridgehead atoms. The summed E-state index contributed by atoms with van der Waals surface area (Å²) in [5.41, 5.74) is 4.84. The number of carbonyl (C=O) groups is 1. The molecule has 0 amide bonds. The molecule has 0 heterocycles. The molecule has 0 rings (SSSR count). The Labute approximate surface area is 57.2 Å². The Bertz CT molecular complexity index is 195. The quantitative estimate of drug-likeness (QED) is 0.184. The standard InChI is InChI=1S/C4H8N4O2/c1-2(3(9)10)7-4(5)8-6/h6H2,1H3,(H2,5,8)(H,9,10). The number of aliphatic carboxylic acids is 1. The van der Waals surface area contributed by atoms with Gasteiger partial charge in [0.1, 0.15) is 5.71 Å². The zero-order valence-electron chi connectivity index (χ0n) is 5.40. The van der Waals surface area contributed by atoms with Crippen LogP contribution in [0.1, 0.15) is 6.92 Å². The van der Waals surface area contributed by atoms with Crippen LogP contribution in [0, 0.1) is 0 Å². The van der Waals surface area contributed by atoms with Crippen LogP contribution in [0.2, 0.25) is 0 Å². The highest BCUT2D eigenvalue weighted by Gasteiger charge is 2.00. The van der Waals surface area contributed by atoms with E-state index in [1.54, 1.807) is 0 Å². The molecular formula is C4H8N4O2. The third kappa shape index (κ3) is 2.65. The van der Waals surface area contributed by atoms with Gasteiger partial charge >= 0.3 is 5.97 Å². The van der Waals surface area contributed by atoms with E-state index in [2.05, 4.69) is 15.9 Å². The molecule has 6 nitrogen and oxygen atoms in total. The van der Waals surface area contributed by atoms with E-state index < -0.39 is 5.97 Å². The van der Waals surface area contributed by atoms with Crippen LogP contribution in [-0.2, 0) is 4.79 Å². The monoisotopic (exact) mass is 144 g/mol. The van der Waals surface area contributed by atoms with Crippen LogP contribution in [0.25, 0.3) is 0 Å². The molecule has 0 spiro atoms. The summed E-state index contributed by atoms with van der Waals surface area (Å²) in [5, 5.41) is 11.2. The van der Waals surface area contributed by atoms with Gasteiger partial charge in [-0.15, -0.1) is 5.10 Å². The van der Waals surface area contributed by atoms with Gasteiger partial charge in [0, 0.05) is 0 Å². The second-order valence-corrected chi connectivity index (χ2v) is 1.49. The van der Waals surface area contributed by atoms with E-state index in [9.17, 15) is 4.79 Å². The predicted molar refractivity (Wildman–Crippen MR) is 36.6 cm³/mol. The first-order valence-electron chi connectivity index (χ1n) is 2.40. The minimum absolute atomic E-state index is 0.147. The van der Waals surface area contributed by atoms with Crippen LogP contribution in [0.3, 0.4) is 0 Å². The topological polar surface area (TPSA) is 114 Å². The highest BCUT2D eigenvalue weighted by Crippen LogP contribution is 1.76. The molecule has 0 unspecified atom stereocenters. The maximum absolute atomic E-state index is 10.1. The Hall–Kier alpha value is -1.59. The third-order valence-corrected chi connectivity index (χ3v) is 0.724. The summed E-state index contributed by atoms with van der Waals surface area (Å²) in [6, 6.07) is 0. The summed E-state index contributed by atoms with van der Waals surface area (Å²) in [6.07, 6.45) is 0. The van der Waals surface area contributed by atoms with Crippen LogP contribution >= 0.6 is 0 Å². The summed E-state index contributed by atoms with van der Waals surface area (Å²) in [7, 11) is 0. The molecule has 0 aliphatic heterocycles.